The zero-order chi connectivity index (χ0) is 22.0. The number of hydrogen-bond donors (Lipinski definition) is 0. The van der Waals surface area contributed by atoms with E-state index in [4.69, 9.17) is 9.97 Å². The maximum Gasteiger partial charge on any atom is 0.230 e. The molecule has 2 aromatic rings. The fourth-order valence-corrected chi connectivity index (χ4v) is 4.75. The molecular weight excluding hydrogens is 386 g/mol. The highest BCUT2D eigenvalue weighted by Gasteiger charge is 2.31. The Hall–Kier alpha value is -2.63. The van der Waals surface area contributed by atoms with Crippen LogP contribution in [0.25, 0.3) is 0 Å². The van der Waals surface area contributed by atoms with Gasteiger partial charge in [0, 0.05) is 45.7 Å². The number of piperidine rings is 1. The smallest absolute Gasteiger partial charge is 0.230 e. The average molecular weight is 422 g/mol. The second-order valence-corrected chi connectivity index (χ2v) is 9.22. The number of amides is 1. The lowest BCUT2D eigenvalue weighted by atomic mass is 9.93. The monoisotopic (exact) mass is 421 g/mol. The molecule has 4 rings (SSSR count). The number of aromatic nitrogens is 2. The molecule has 1 fully saturated rings. The van der Waals surface area contributed by atoms with Gasteiger partial charge in [0.05, 0.1) is 18.2 Å². The molecule has 0 N–H and O–H groups in total. The van der Waals surface area contributed by atoms with Gasteiger partial charge in [-0.15, -0.1) is 0 Å². The molecule has 6 heteroatoms. The van der Waals surface area contributed by atoms with Gasteiger partial charge in [0.2, 0.25) is 11.9 Å². The number of hydrogen-bond acceptors (Lipinski definition) is 5. The van der Waals surface area contributed by atoms with Crippen LogP contribution in [0.2, 0.25) is 0 Å². The molecule has 1 amide bonds. The van der Waals surface area contributed by atoms with Crippen LogP contribution >= 0.6 is 0 Å². The van der Waals surface area contributed by atoms with Gasteiger partial charge in [-0.1, -0.05) is 44.2 Å². The zero-order valence-corrected chi connectivity index (χ0v) is 19.3. The van der Waals surface area contributed by atoms with Gasteiger partial charge in [-0.25, -0.2) is 4.98 Å². The van der Waals surface area contributed by atoms with Gasteiger partial charge in [0.1, 0.15) is 5.82 Å². The predicted octanol–water partition coefficient (Wildman–Crippen LogP) is 3.86. The Morgan fingerprint density at radius 3 is 2.48 bits per heavy atom. The fourth-order valence-electron chi connectivity index (χ4n) is 4.75. The summed E-state index contributed by atoms with van der Waals surface area (Å²) in [4.78, 5) is 29.8. The van der Waals surface area contributed by atoms with Crippen molar-refractivity contribution in [3.63, 3.8) is 0 Å². The maximum atomic E-state index is 13.4. The predicted molar refractivity (Wildman–Crippen MR) is 126 cm³/mol. The van der Waals surface area contributed by atoms with Crippen LogP contribution in [-0.4, -0.2) is 54.5 Å². The minimum absolute atomic E-state index is 0.0962. The van der Waals surface area contributed by atoms with Crippen LogP contribution in [0, 0.1) is 5.92 Å². The lowest BCUT2D eigenvalue weighted by molar-refractivity contribution is -0.133. The molecule has 0 bridgehead atoms. The molecule has 0 aliphatic carbocycles. The third-order valence-corrected chi connectivity index (χ3v) is 6.74. The van der Waals surface area contributed by atoms with E-state index in [1.54, 1.807) is 0 Å². The minimum atomic E-state index is -0.0962. The van der Waals surface area contributed by atoms with E-state index in [9.17, 15) is 4.79 Å². The van der Waals surface area contributed by atoms with Crippen molar-refractivity contribution < 1.29 is 4.79 Å². The van der Waals surface area contributed by atoms with Gasteiger partial charge >= 0.3 is 0 Å². The molecule has 0 saturated carbocycles. The highest BCUT2D eigenvalue weighted by molar-refractivity contribution is 5.84. The molecule has 6 nitrogen and oxygen atoms in total. The van der Waals surface area contributed by atoms with Crippen molar-refractivity contribution in [1.29, 1.82) is 0 Å². The molecule has 1 saturated heterocycles. The third-order valence-electron chi connectivity index (χ3n) is 6.74. The van der Waals surface area contributed by atoms with Crippen LogP contribution in [0.1, 0.15) is 55.8 Å². The molecule has 0 spiro atoms. The molecule has 1 aromatic heterocycles. The van der Waals surface area contributed by atoms with E-state index in [1.807, 2.05) is 37.2 Å². The molecule has 3 heterocycles. The summed E-state index contributed by atoms with van der Waals surface area (Å²) in [5, 5.41) is 0. The average Bonchev–Trinajstić information content (AvgIpc) is 2.79. The molecule has 2 aliphatic heterocycles. The van der Waals surface area contributed by atoms with Crippen LogP contribution < -0.4 is 9.80 Å². The summed E-state index contributed by atoms with van der Waals surface area (Å²) in [5.41, 5.74) is 3.30. The third kappa shape index (κ3) is 4.53. The van der Waals surface area contributed by atoms with Gasteiger partial charge < -0.3 is 14.7 Å². The number of rotatable bonds is 5. The van der Waals surface area contributed by atoms with Crippen molar-refractivity contribution in [2.45, 2.75) is 52.0 Å². The highest BCUT2D eigenvalue weighted by Crippen LogP contribution is 2.31. The Balaban J connectivity index is 1.59. The van der Waals surface area contributed by atoms with Gasteiger partial charge in [0.15, 0.2) is 0 Å². The number of carbonyl (C=O) groups is 1. The van der Waals surface area contributed by atoms with E-state index < -0.39 is 0 Å². The summed E-state index contributed by atoms with van der Waals surface area (Å²) in [5.74, 6) is 2.69. The van der Waals surface area contributed by atoms with Crippen LogP contribution in [0.5, 0.6) is 0 Å². The molecule has 1 aromatic carbocycles. The van der Waals surface area contributed by atoms with Gasteiger partial charge in [0.25, 0.3) is 0 Å². The van der Waals surface area contributed by atoms with Gasteiger partial charge in [-0.05, 0) is 30.7 Å². The summed E-state index contributed by atoms with van der Waals surface area (Å²) in [6.07, 6.45) is 3.97. The highest BCUT2D eigenvalue weighted by atomic mass is 16.2. The van der Waals surface area contributed by atoms with Gasteiger partial charge in [-0.2, -0.15) is 4.98 Å². The Kier molecular flexibility index (Phi) is 6.44. The summed E-state index contributed by atoms with van der Waals surface area (Å²) in [6.45, 7) is 7.76. The molecule has 166 valence electrons. The lowest BCUT2D eigenvalue weighted by Gasteiger charge is -2.35. The van der Waals surface area contributed by atoms with E-state index >= 15 is 0 Å². The second kappa shape index (κ2) is 9.25. The van der Waals surface area contributed by atoms with Crippen molar-refractivity contribution in [3.05, 3.63) is 47.2 Å². The van der Waals surface area contributed by atoms with E-state index in [-0.39, 0.29) is 11.8 Å². The fraction of sp³-hybridized carbons (Fsp3) is 0.560. The maximum absolute atomic E-state index is 13.4. The SMILES string of the molecule is CC[C@@H](C(=O)N1CCc2nc(N3CCC(C)CC3)nc(N(C)C)c2C1)c1ccccc1. The minimum Gasteiger partial charge on any atom is -0.362 e. The first-order chi connectivity index (χ1) is 15.0. The van der Waals surface area contributed by atoms with Crippen LogP contribution in [-0.2, 0) is 17.8 Å². The van der Waals surface area contributed by atoms with Crippen molar-refractivity contribution in [3.8, 4) is 0 Å². The lowest BCUT2D eigenvalue weighted by Crippen LogP contribution is -2.41. The van der Waals surface area contributed by atoms with Crippen molar-refractivity contribution in [2.24, 2.45) is 5.92 Å². The molecule has 31 heavy (non-hydrogen) atoms. The number of carbonyl (C=O) groups excluding carboxylic acids is 1. The molecular formula is C25H35N5O. The standard InChI is InChI=1S/C25H35N5O/c1-5-20(19-9-7-6-8-10-19)24(31)30-16-13-22-21(17-30)23(28(3)4)27-25(26-22)29-14-11-18(2)12-15-29/h6-10,18,20H,5,11-17H2,1-4H3/t20-/m1/s1. The largest absolute Gasteiger partial charge is 0.362 e. The first-order valence-corrected chi connectivity index (χ1v) is 11.6. The van der Waals surface area contributed by atoms with E-state index in [0.717, 1.165) is 67.0 Å². The first-order valence-electron chi connectivity index (χ1n) is 11.6. The van der Waals surface area contributed by atoms with Crippen LogP contribution in [0.4, 0.5) is 11.8 Å². The quantitative estimate of drug-likeness (QED) is 0.734. The molecule has 0 radical (unpaired) electrons. The van der Waals surface area contributed by atoms with Crippen LogP contribution in [0.3, 0.4) is 0 Å². The molecule has 2 aliphatic rings. The Bertz CT molecular complexity index is 906. The normalized spacial score (nSPS) is 17.9. The Labute approximate surface area is 186 Å². The van der Waals surface area contributed by atoms with E-state index in [1.165, 1.54) is 12.8 Å². The second-order valence-electron chi connectivity index (χ2n) is 9.22. The summed E-state index contributed by atoms with van der Waals surface area (Å²) >= 11 is 0. The topological polar surface area (TPSA) is 52.6 Å². The molecule has 1 atom stereocenters. The van der Waals surface area contributed by atoms with E-state index in [2.05, 4.69) is 35.8 Å². The van der Waals surface area contributed by atoms with Crippen molar-refractivity contribution in [1.82, 2.24) is 14.9 Å². The van der Waals surface area contributed by atoms with Gasteiger partial charge in [-0.3, -0.25) is 4.79 Å². The van der Waals surface area contributed by atoms with Crippen molar-refractivity contribution in [2.75, 3.05) is 43.5 Å². The zero-order valence-electron chi connectivity index (χ0n) is 19.3. The van der Waals surface area contributed by atoms with Crippen molar-refractivity contribution >= 4 is 17.7 Å². The Morgan fingerprint density at radius 2 is 1.84 bits per heavy atom. The number of fused-ring (bicyclic) bond motifs is 1. The van der Waals surface area contributed by atoms with Crippen LogP contribution in [0.15, 0.2) is 30.3 Å². The summed E-state index contributed by atoms with van der Waals surface area (Å²) in [7, 11) is 4.06. The number of nitrogens with zero attached hydrogens (tertiary/aromatic N) is 5. The number of benzene rings is 1. The Morgan fingerprint density at radius 1 is 1.13 bits per heavy atom. The van der Waals surface area contributed by atoms with E-state index in [0.29, 0.717) is 6.54 Å². The molecule has 0 unspecified atom stereocenters. The first kappa shape index (κ1) is 21.6. The summed E-state index contributed by atoms with van der Waals surface area (Å²) in [6, 6.07) is 10.1. The summed E-state index contributed by atoms with van der Waals surface area (Å²) < 4.78 is 0. The number of anilines is 2.